The number of aryl methyl sites for hydroxylation is 2. The summed E-state index contributed by atoms with van der Waals surface area (Å²) in [5.74, 6) is -0.0727. The molecule has 0 amide bonds. The van der Waals surface area contributed by atoms with Crippen LogP contribution in [0.25, 0.3) is 11.2 Å². The Morgan fingerprint density at radius 3 is 2.32 bits per heavy atom. The normalized spacial score (nSPS) is 12.1. The molecule has 140 valence electrons. The van der Waals surface area contributed by atoms with Crippen molar-refractivity contribution in [3.63, 3.8) is 0 Å². The third-order valence-corrected chi connectivity index (χ3v) is 3.92. The Hall–Kier alpha value is -2.42. The molecule has 0 radical (unpaired) electrons. The lowest BCUT2D eigenvalue weighted by Gasteiger charge is -2.13. The summed E-state index contributed by atoms with van der Waals surface area (Å²) in [5.41, 5.74) is 5.59. The number of carbonyl (C=O) groups is 1. The van der Waals surface area contributed by atoms with Gasteiger partial charge in [-0.1, -0.05) is 13.8 Å². The molecule has 0 saturated heterocycles. The average molecular weight is 353 g/mol. The van der Waals surface area contributed by atoms with Gasteiger partial charge in [0.1, 0.15) is 0 Å². The van der Waals surface area contributed by atoms with Crippen LogP contribution in [-0.4, -0.2) is 36.3 Å². The zero-order chi connectivity index (χ0) is 19.3. The van der Waals surface area contributed by atoms with Crippen LogP contribution in [-0.2, 0) is 25.9 Å². The highest BCUT2D eigenvalue weighted by molar-refractivity contribution is 5.69. The van der Waals surface area contributed by atoms with E-state index >= 15 is 0 Å². The van der Waals surface area contributed by atoms with Gasteiger partial charge in [-0.25, -0.2) is 9.78 Å². The van der Waals surface area contributed by atoms with Crippen LogP contribution in [0.2, 0.25) is 0 Å². The van der Waals surface area contributed by atoms with E-state index < -0.39 is 5.97 Å². The molecule has 0 aromatic carbocycles. The number of aromatic nitrogens is 4. The molecule has 0 aliphatic carbocycles. The largest absolute Gasteiger partial charge is 0.481 e. The third kappa shape index (κ3) is 5.02. The van der Waals surface area contributed by atoms with Crippen molar-refractivity contribution in [1.82, 2.24) is 18.7 Å². The Balaban J connectivity index is 0.000000260. The fourth-order valence-corrected chi connectivity index (χ4v) is 2.65. The first-order chi connectivity index (χ1) is 11.6. The van der Waals surface area contributed by atoms with Crippen LogP contribution in [0.3, 0.4) is 0 Å². The molecule has 2 aromatic heterocycles. The lowest BCUT2D eigenvalue weighted by Crippen LogP contribution is -2.37. The minimum atomic E-state index is -0.749. The van der Waals surface area contributed by atoms with Gasteiger partial charge in [0, 0.05) is 27.6 Å². The molecular formula is C16H27N5O4. The number of carboxylic acid groups (broad SMARTS) is 1. The van der Waals surface area contributed by atoms with Crippen LogP contribution < -0.4 is 17.0 Å². The highest BCUT2D eigenvalue weighted by Crippen LogP contribution is 2.13. The van der Waals surface area contributed by atoms with Crippen LogP contribution in [0.4, 0.5) is 0 Å². The second-order valence-electron chi connectivity index (χ2n) is 6.56. The topological polar surface area (TPSA) is 125 Å². The van der Waals surface area contributed by atoms with Crippen LogP contribution in [0.1, 0.15) is 26.7 Å². The quantitative estimate of drug-likeness (QED) is 0.782. The Morgan fingerprint density at radius 2 is 1.84 bits per heavy atom. The number of aliphatic carboxylic acids is 1. The molecule has 0 fully saturated rings. The van der Waals surface area contributed by atoms with Gasteiger partial charge in [-0.3, -0.25) is 18.7 Å². The van der Waals surface area contributed by atoms with Gasteiger partial charge >= 0.3 is 11.7 Å². The van der Waals surface area contributed by atoms with E-state index in [0.29, 0.717) is 23.6 Å². The molecule has 0 bridgehead atoms. The lowest BCUT2D eigenvalue weighted by molar-refractivity contribution is -0.138. The van der Waals surface area contributed by atoms with Crippen LogP contribution in [0.5, 0.6) is 0 Å². The minimum Gasteiger partial charge on any atom is -0.481 e. The van der Waals surface area contributed by atoms with Crippen molar-refractivity contribution in [3.8, 4) is 0 Å². The molecular weight excluding hydrogens is 326 g/mol. The summed E-state index contributed by atoms with van der Waals surface area (Å²) in [6.45, 7) is 4.62. The smallest absolute Gasteiger partial charge is 0.332 e. The van der Waals surface area contributed by atoms with E-state index in [1.54, 1.807) is 18.7 Å². The molecule has 0 aliphatic rings. The summed E-state index contributed by atoms with van der Waals surface area (Å²) in [5, 5.41) is 8.47. The maximum absolute atomic E-state index is 11.7. The Kier molecular flexibility index (Phi) is 7.10. The van der Waals surface area contributed by atoms with E-state index in [0.717, 1.165) is 11.0 Å². The van der Waals surface area contributed by atoms with Gasteiger partial charge in [-0.15, -0.1) is 0 Å². The predicted octanol–water partition coefficient (Wildman–Crippen LogP) is 0.0528. The van der Waals surface area contributed by atoms with E-state index in [1.165, 1.54) is 17.9 Å². The molecule has 9 nitrogen and oxygen atoms in total. The molecule has 0 spiro atoms. The highest BCUT2D eigenvalue weighted by atomic mass is 16.4. The zero-order valence-corrected chi connectivity index (χ0v) is 15.4. The zero-order valence-electron chi connectivity index (χ0n) is 15.4. The van der Waals surface area contributed by atoms with Crippen molar-refractivity contribution in [2.75, 3.05) is 6.54 Å². The Labute approximate surface area is 145 Å². The lowest BCUT2D eigenvalue weighted by atomic mass is 9.94. The van der Waals surface area contributed by atoms with E-state index in [9.17, 15) is 14.4 Å². The number of hydrogen-bond acceptors (Lipinski definition) is 5. The molecule has 2 rings (SSSR count). The third-order valence-electron chi connectivity index (χ3n) is 3.92. The Morgan fingerprint density at radius 1 is 1.24 bits per heavy atom. The number of fused-ring (bicyclic) bond motifs is 1. The van der Waals surface area contributed by atoms with Crippen LogP contribution >= 0.6 is 0 Å². The Bertz CT molecular complexity index is 847. The van der Waals surface area contributed by atoms with Crippen LogP contribution in [0, 0.1) is 11.8 Å². The van der Waals surface area contributed by atoms with Crippen molar-refractivity contribution in [2.24, 2.45) is 38.7 Å². The first-order valence-corrected chi connectivity index (χ1v) is 8.09. The minimum absolute atomic E-state index is 0.146. The number of rotatable bonds is 5. The van der Waals surface area contributed by atoms with Gasteiger partial charge in [0.25, 0.3) is 5.56 Å². The van der Waals surface area contributed by atoms with Gasteiger partial charge in [0.05, 0.1) is 6.33 Å². The van der Waals surface area contributed by atoms with Gasteiger partial charge in [0.15, 0.2) is 11.2 Å². The fraction of sp³-hybridized carbons (Fsp3) is 0.625. The second-order valence-corrected chi connectivity index (χ2v) is 6.56. The molecule has 1 atom stereocenters. The van der Waals surface area contributed by atoms with Crippen molar-refractivity contribution < 1.29 is 9.90 Å². The fourth-order valence-electron chi connectivity index (χ4n) is 2.65. The molecule has 2 heterocycles. The molecule has 25 heavy (non-hydrogen) atoms. The van der Waals surface area contributed by atoms with Crippen molar-refractivity contribution in [1.29, 1.82) is 0 Å². The summed E-state index contributed by atoms with van der Waals surface area (Å²) in [6, 6.07) is 0. The summed E-state index contributed by atoms with van der Waals surface area (Å²) in [4.78, 5) is 37.4. The first kappa shape index (κ1) is 20.6. The standard InChI is InChI=1S/C8H10N4O2.C8H17NO2/c1-10-4-9-6-5(10)7(13)12(3)8(14)11(6)2;1-6(2)3-7(5-9)4-8(10)11/h4H,1-3H3;6-7H,3-5,9H2,1-2H3,(H,10,11)/t;7-/m.0/s1. The number of nitrogens with two attached hydrogens (primary N) is 1. The SMILES string of the molecule is CC(C)C[C@H](CN)CC(=O)O.Cn1c(=O)c2c(ncn2C)n(C)c1=O. The first-order valence-electron chi connectivity index (χ1n) is 8.09. The number of carboxylic acids is 1. The number of nitrogens with zero attached hydrogens (tertiary/aromatic N) is 4. The van der Waals surface area contributed by atoms with Gasteiger partial charge in [0.2, 0.25) is 0 Å². The maximum Gasteiger partial charge on any atom is 0.332 e. The van der Waals surface area contributed by atoms with Crippen molar-refractivity contribution in [3.05, 3.63) is 27.2 Å². The second kappa shape index (κ2) is 8.61. The molecule has 0 saturated carbocycles. The highest BCUT2D eigenvalue weighted by Gasteiger charge is 2.13. The molecule has 2 aromatic rings. The molecule has 0 aliphatic heterocycles. The summed E-state index contributed by atoms with van der Waals surface area (Å²) < 4.78 is 4.04. The molecule has 0 unspecified atom stereocenters. The maximum atomic E-state index is 11.7. The average Bonchev–Trinajstić information content (AvgIpc) is 2.92. The van der Waals surface area contributed by atoms with E-state index in [1.807, 2.05) is 0 Å². The van der Waals surface area contributed by atoms with E-state index in [4.69, 9.17) is 10.8 Å². The van der Waals surface area contributed by atoms with Crippen molar-refractivity contribution >= 4 is 17.1 Å². The van der Waals surface area contributed by atoms with Gasteiger partial charge < -0.3 is 15.4 Å². The van der Waals surface area contributed by atoms with Gasteiger partial charge in [-0.2, -0.15) is 0 Å². The summed E-state index contributed by atoms with van der Waals surface area (Å²) >= 11 is 0. The summed E-state index contributed by atoms with van der Waals surface area (Å²) in [7, 11) is 4.77. The predicted molar refractivity (Wildman–Crippen MR) is 95.4 cm³/mol. The molecule has 9 heteroatoms. The van der Waals surface area contributed by atoms with Crippen LogP contribution in [0.15, 0.2) is 15.9 Å². The molecule has 3 N–H and O–H groups in total. The number of imidazole rings is 1. The van der Waals surface area contributed by atoms with Gasteiger partial charge in [-0.05, 0) is 24.8 Å². The summed E-state index contributed by atoms with van der Waals surface area (Å²) in [6.07, 6.45) is 2.63. The number of hydrogen-bond donors (Lipinski definition) is 2. The van der Waals surface area contributed by atoms with Crippen molar-refractivity contribution in [2.45, 2.75) is 26.7 Å². The van der Waals surface area contributed by atoms with E-state index in [2.05, 4.69) is 18.8 Å². The monoisotopic (exact) mass is 353 g/mol. The van der Waals surface area contributed by atoms with E-state index in [-0.39, 0.29) is 23.6 Å².